The van der Waals surface area contributed by atoms with Gasteiger partial charge >= 0.3 is 0 Å². The van der Waals surface area contributed by atoms with Gasteiger partial charge in [0.2, 0.25) is 0 Å². The molecule has 0 radical (unpaired) electrons. The van der Waals surface area contributed by atoms with E-state index in [1.54, 1.807) is 6.92 Å². The topological polar surface area (TPSA) is 29.1 Å². The van der Waals surface area contributed by atoms with E-state index in [4.69, 9.17) is 11.6 Å². The third kappa shape index (κ3) is 3.47. The lowest BCUT2D eigenvalue weighted by molar-refractivity contribution is 0.0944. The Morgan fingerprint density at radius 1 is 1.42 bits per heavy atom. The van der Waals surface area contributed by atoms with Gasteiger partial charge in [0.05, 0.1) is 0 Å². The van der Waals surface area contributed by atoms with Crippen LogP contribution in [-0.4, -0.2) is 18.3 Å². The normalized spacial score (nSPS) is 22.5. The summed E-state index contributed by atoms with van der Waals surface area (Å²) in [5, 5.41) is 2.95. The van der Waals surface area contributed by atoms with Crippen molar-refractivity contribution >= 4 is 17.5 Å². The van der Waals surface area contributed by atoms with E-state index in [9.17, 15) is 9.18 Å². The van der Waals surface area contributed by atoms with Crippen LogP contribution in [0.3, 0.4) is 0 Å². The second-order valence-electron chi connectivity index (χ2n) is 5.27. The third-order valence-electron chi connectivity index (χ3n) is 3.97. The molecule has 0 aromatic heterocycles. The zero-order valence-electron chi connectivity index (χ0n) is 11.1. The van der Waals surface area contributed by atoms with Gasteiger partial charge in [-0.1, -0.05) is 6.42 Å². The summed E-state index contributed by atoms with van der Waals surface area (Å²) in [4.78, 5) is 12.1. The largest absolute Gasteiger partial charge is 0.352 e. The van der Waals surface area contributed by atoms with Gasteiger partial charge in [-0.25, -0.2) is 4.39 Å². The van der Waals surface area contributed by atoms with E-state index in [-0.39, 0.29) is 11.7 Å². The van der Waals surface area contributed by atoms with Crippen molar-refractivity contribution in [3.63, 3.8) is 0 Å². The van der Waals surface area contributed by atoms with Gasteiger partial charge in [0.25, 0.3) is 5.91 Å². The van der Waals surface area contributed by atoms with Crippen molar-refractivity contribution in [3.05, 3.63) is 35.1 Å². The Hall–Kier alpha value is -1.09. The van der Waals surface area contributed by atoms with Gasteiger partial charge < -0.3 is 5.32 Å². The SMILES string of the molecule is Cc1cc(F)ccc1C(=O)NCC1CCCC1CCl. The van der Waals surface area contributed by atoms with E-state index in [0.29, 0.717) is 35.4 Å². The smallest absolute Gasteiger partial charge is 0.251 e. The zero-order valence-corrected chi connectivity index (χ0v) is 11.8. The van der Waals surface area contributed by atoms with Crippen molar-refractivity contribution in [1.29, 1.82) is 0 Å². The van der Waals surface area contributed by atoms with E-state index in [0.717, 1.165) is 12.8 Å². The molecule has 1 aliphatic carbocycles. The lowest BCUT2D eigenvalue weighted by Gasteiger charge is -2.18. The minimum atomic E-state index is -0.313. The molecule has 0 bridgehead atoms. The molecule has 0 aliphatic heterocycles. The van der Waals surface area contributed by atoms with Crippen LogP contribution >= 0.6 is 11.6 Å². The quantitative estimate of drug-likeness (QED) is 0.842. The number of alkyl halides is 1. The fourth-order valence-electron chi connectivity index (χ4n) is 2.79. The summed E-state index contributed by atoms with van der Waals surface area (Å²) in [5.41, 5.74) is 1.21. The Balaban J connectivity index is 1.94. The monoisotopic (exact) mass is 283 g/mol. The van der Waals surface area contributed by atoms with Crippen molar-refractivity contribution in [1.82, 2.24) is 5.32 Å². The predicted molar refractivity (Wildman–Crippen MR) is 75.0 cm³/mol. The average molecular weight is 284 g/mol. The molecule has 0 heterocycles. The van der Waals surface area contributed by atoms with Crippen molar-refractivity contribution < 1.29 is 9.18 Å². The molecular weight excluding hydrogens is 265 g/mol. The number of benzene rings is 1. The van der Waals surface area contributed by atoms with Crippen molar-refractivity contribution in [2.75, 3.05) is 12.4 Å². The molecule has 1 saturated carbocycles. The molecule has 2 unspecified atom stereocenters. The molecule has 1 amide bonds. The van der Waals surface area contributed by atoms with Crippen LogP contribution in [0.25, 0.3) is 0 Å². The molecule has 19 heavy (non-hydrogen) atoms. The molecule has 0 saturated heterocycles. The standard InChI is InChI=1S/C15H19ClFNO/c1-10-7-13(17)5-6-14(10)15(19)18-9-12-4-2-3-11(12)8-16/h5-7,11-12H,2-4,8-9H2,1H3,(H,18,19). The number of hydrogen-bond acceptors (Lipinski definition) is 1. The minimum Gasteiger partial charge on any atom is -0.352 e. The van der Waals surface area contributed by atoms with Gasteiger partial charge in [-0.3, -0.25) is 4.79 Å². The molecule has 0 spiro atoms. The van der Waals surface area contributed by atoms with Gasteiger partial charge in [-0.15, -0.1) is 11.6 Å². The Labute approximate surface area is 118 Å². The molecule has 2 atom stereocenters. The summed E-state index contributed by atoms with van der Waals surface area (Å²) < 4.78 is 13.0. The third-order valence-corrected chi connectivity index (χ3v) is 4.37. The first-order chi connectivity index (χ1) is 9.11. The number of aryl methyl sites for hydroxylation is 1. The molecule has 2 nitrogen and oxygen atoms in total. The number of hydrogen-bond donors (Lipinski definition) is 1. The maximum Gasteiger partial charge on any atom is 0.251 e. The first-order valence-electron chi connectivity index (χ1n) is 6.72. The lowest BCUT2D eigenvalue weighted by atomic mass is 9.98. The second kappa shape index (κ2) is 6.38. The molecule has 1 N–H and O–H groups in total. The Morgan fingerprint density at radius 3 is 2.84 bits per heavy atom. The van der Waals surface area contributed by atoms with E-state index >= 15 is 0 Å². The van der Waals surface area contributed by atoms with E-state index in [1.165, 1.54) is 24.6 Å². The molecular formula is C15H19ClFNO. The maximum atomic E-state index is 13.0. The van der Waals surface area contributed by atoms with Gasteiger partial charge in [-0.05, 0) is 55.4 Å². The number of halogens is 2. The van der Waals surface area contributed by atoms with Gasteiger partial charge in [0.1, 0.15) is 5.82 Å². The highest BCUT2D eigenvalue weighted by Crippen LogP contribution is 2.32. The molecule has 2 rings (SSSR count). The summed E-state index contributed by atoms with van der Waals surface area (Å²) >= 11 is 5.92. The molecule has 1 aromatic carbocycles. The van der Waals surface area contributed by atoms with Crippen LogP contribution < -0.4 is 5.32 Å². The predicted octanol–water partition coefficient (Wildman–Crippen LogP) is 3.52. The molecule has 4 heteroatoms. The van der Waals surface area contributed by atoms with Gasteiger partial charge in [-0.2, -0.15) is 0 Å². The van der Waals surface area contributed by atoms with Crippen molar-refractivity contribution in [2.24, 2.45) is 11.8 Å². The van der Waals surface area contributed by atoms with Crippen molar-refractivity contribution in [2.45, 2.75) is 26.2 Å². The number of carbonyl (C=O) groups excluding carboxylic acids is 1. The number of rotatable bonds is 4. The van der Waals surface area contributed by atoms with E-state index < -0.39 is 0 Å². The van der Waals surface area contributed by atoms with Crippen LogP contribution in [-0.2, 0) is 0 Å². The van der Waals surface area contributed by atoms with E-state index in [1.807, 2.05) is 0 Å². The van der Waals surface area contributed by atoms with Gasteiger partial charge in [0, 0.05) is 18.0 Å². The van der Waals surface area contributed by atoms with Crippen LogP contribution in [0.15, 0.2) is 18.2 Å². The Kier molecular flexibility index (Phi) is 4.81. The Morgan fingerprint density at radius 2 is 2.16 bits per heavy atom. The molecule has 104 valence electrons. The maximum absolute atomic E-state index is 13.0. The molecule has 1 aromatic rings. The Bertz CT molecular complexity index is 463. The number of nitrogens with one attached hydrogen (secondary N) is 1. The van der Waals surface area contributed by atoms with Gasteiger partial charge in [0.15, 0.2) is 0 Å². The summed E-state index contributed by atoms with van der Waals surface area (Å²) in [6.07, 6.45) is 3.47. The first kappa shape index (κ1) is 14.3. The van der Waals surface area contributed by atoms with E-state index in [2.05, 4.69) is 5.32 Å². The van der Waals surface area contributed by atoms with Crippen LogP contribution in [0.4, 0.5) is 4.39 Å². The second-order valence-corrected chi connectivity index (χ2v) is 5.58. The molecule has 1 fully saturated rings. The summed E-state index contributed by atoms with van der Waals surface area (Å²) in [6.45, 7) is 2.40. The van der Waals surface area contributed by atoms with Crippen LogP contribution in [0.1, 0.15) is 35.2 Å². The highest BCUT2D eigenvalue weighted by molar-refractivity contribution is 6.18. The van der Waals surface area contributed by atoms with Crippen LogP contribution in [0.2, 0.25) is 0 Å². The fourth-order valence-corrected chi connectivity index (χ4v) is 3.19. The summed E-state index contributed by atoms with van der Waals surface area (Å²) in [5.74, 6) is 1.21. The minimum absolute atomic E-state index is 0.127. The van der Waals surface area contributed by atoms with Crippen molar-refractivity contribution in [3.8, 4) is 0 Å². The highest BCUT2D eigenvalue weighted by Gasteiger charge is 2.26. The molecule has 1 aliphatic rings. The average Bonchev–Trinajstić information content (AvgIpc) is 2.83. The number of amides is 1. The fraction of sp³-hybridized carbons (Fsp3) is 0.533. The van der Waals surface area contributed by atoms with Crippen LogP contribution in [0.5, 0.6) is 0 Å². The number of carbonyl (C=O) groups is 1. The summed E-state index contributed by atoms with van der Waals surface area (Å²) in [6, 6.07) is 4.23. The summed E-state index contributed by atoms with van der Waals surface area (Å²) in [7, 11) is 0. The highest BCUT2D eigenvalue weighted by atomic mass is 35.5. The first-order valence-corrected chi connectivity index (χ1v) is 7.25. The lowest BCUT2D eigenvalue weighted by Crippen LogP contribution is -2.31. The van der Waals surface area contributed by atoms with Crippen LogP contribution in [0, 0.1) is 24.6 Å². The zero-order chi connectivity index (χ0) is 13.8.